The van der Waals surface area contributed by atoms with Gasteiger partial charge >= 0.3 is 0 Å². The van der Waals surface area contributed by atoms with Crippen molar-refractivity contribution in [1.82, 2.24) is 4.90 Å². The molecule has 1 unspecified atom stereocenters. The van der Waals surface area contributed by atoms with Crippen LogP contribution in [0.1, 0.15) is 24.5 Å². The van der Waals surface area contributed by atoms with Crippen LogP contribution in [-0.4, -0.2) is 23.8 Å². The van der Waals surface area contributed by atoms with E-state index in [0.717, 1.165) is 25.7 Å². The maximum atomic E-state index is 12.3. The van der Waals surface area contributed by atoms with E-state index in [9.17, 15) is 10.1 Å². The third-order valence-corrected chi connectivity index (χ3v) is 5.98. The highest BCUT2D eigenvalue weighted by molar-refractivity contribution is 7.25. The van der Waals surface area contributed by atoms with Crippen molar-refractivity contribution in [1.29, 1.82) is 5.26 Å². The lowest BCUT2D eigenvalue weighted by atomic mass is 9.86. The molecule has 0 saturated heterocycles. The van der Waals surface area contributed by atoms with Crippen LogP contribution in [0.4, 0.5) is 0 Å². The van der Waals surface area contributed by atoms with Gasteiger partial charge in [-0.05, 0) is 42.8 Å². The minimum Gasteiger partial charge on any atom is -0.369 e. The SMILES string of the molecule is CC#Cc1ccc2sc3ccc(C4(C#N)CC(=O)N(C)C(N)=N4)cc3c2c1. The summed E-state index contributed by atoms with van der Waals surface area (Å²) in [4.78, 5) is 17.9. The number of rotatable bonds is 1. The van der Waals surface area contributed by atoms with Crippen molar-refractivity contribution < 1.29 is 4.79 Å². The molecule has 2 N–H and O–H groups in total. The fraction of sp³-hybridized carbons (Fsp3) is 0.190. The van der Waals surface area contributed by atoms with Gasteiger partial charge in [0.05, 0.1) is 12.5 Å². The number of fused-ring (bicyclic) bond motifs is 3. The molecule has 5 nitrogen and oxygen atoms in total. The fourth-order valence-corrected chi connectivity index (χ4v) is 4.39. The molecule has 1 aliphatic rings. The van der Waals surface area contributed by atoms with Gasteiger partial charge in [-0.1, -0.05) is 12.0 Å². The molecule has 0 saturated carbocycles. The first kappa shape index (κ1) is 17.1. The van der Waals surface area contributed by atoms with Gasteiger partial charge in [0, 0.05) is 32.8 Å². The van der Waals surface area contributed by atoms with Gasteiger partial charge in [-0.3, -0.25) is 9.69 Å². The van der Waals surface area contributed by atoms with E-state index in [4.69, 9.17) is 5.73 Å². The van der Waals surface area contributed by atoms with Crippen molar-refractivity contribution in [2.75, 3.05) is 7.05 Å². The highest BCUT2D eigenvalue weighted by Crippen LogP contribution is 2.39. The molecule has 2 aromatic carbocycles. The molecule has 1 aliphatic heterocycles. The van der Waals surface area contributed by atoms with Gasteiger partial charge in [-0.2, -0.15) is 5.26 Å². The number of hydrogen-bond acceptors (Lipinski definition) is 5. The lowest BCUT2D eigenvalue weighted by molar-refractivity contribution is -0.128. The third kappa shape index (κ3) is 2.63. The smallest absolute Gasteiger partial charge is 0.232 e. The Balaban J connectivity index is 1.95. The minimum absolute atomic E-state index is 0.0269. The summed E-state index contributed by atoms with van der Waals surface area (Å²) in [5.74, 6) is 5.84. The number of hydrogen-bond donors (Lipinski definition) is 1. The van der Waals surface area contributed by atoms with Gasteiger partial charge in [0.25, 0.3) is 0 Å². The Bertz CT molecular complexity index is 1240. The zero-order valence-corrected chi connectivity index (χ0v) is 15.7. The van der Waals surface area contributed by atoms with Gasteiger partial charge in [-0.25, -0.2) is 4.99 Å². The monoisotopic (exact) mass is 372 g/mol. The summed E-state index contributed by atoms with van der Waals surface area (Å²) in [7, 11) is 1.56. The van der Waals surface area contributed by atoms with Gasteiger partial charge < -0.3 is 5.73 Å². The number of aliphatic imine (C=N–C) groups is 1. The Morgan fingerprint density at radius 2 is 1.93 bits per heavy atom. The molecule has 1 aromatic heterocycles. The quantitative estimate of drug-likeness (QED) is 0.665. The predicted octanol–water partition coefficient (Wildman–Crippen LogP) is 3.32. The first-order valence-corrected chi connectivity index (χ1v) is 9.22. The number of carbonyl (C=O) groups is 1. The van der Waals surface area contributed by atoms with Gasteiger partial charge in [-0.15, -0.1) is 17.3 Å². The molecular weight excluding hydrogens is 356 g/mol. The standard InChI is InChI=1S/C21H16N4OS/c1-3-4-13-5-7-17-15(9-13)16-10-14(6-8-18(16)27-17)21(12-22)11-19(26)25(2)20(23)24-21/h5-10H,11H2,1-2H3,(H2,23,24). The molecule has 0 spiro atoms. The van der Waals surface area contributed by atoms with Crippen LogP contribution in [-0.2, 0) is 10.3 Å². The van der Waals surface area contributed by atoms with Crippen molar-refractivity contribution in [3.8, 4) is 17.9 Å². The second-order valence-electron chi connectivity index (χ2n) is 6.47. The van der Waals surface area contributed by atoms with Gasteiger partial charge in [0.1, 0.15) is 0 Å². The van der Waals surface area contributed by atoms with E-state index in [1.165, 1.54) is 4.90 Å². The summed E-state index contributed by atoms with van der Waals surface area (Å²) < 4.78 is 2.26. The van der Waals surface area contributed by atoms with Crippen molar-refractivity contribution >= 4 is 43.4 Å². The van der Waals surface area contributed by atoms with Crippen LogP contribution >= 0.6 is 11.3 Å². The maximum absolute atomic E-state index is 12.3. The zero-order valence-electron chi connectivity index (χ0n) is 14.9. The largest absolute Gasteiger partial charge is 0.369 e. The minimum atomic E-state index is -1.29. The van der Waals surface area contributed by atoms with Crippen molar-refractivity contribution in [3.63, 3.8) is 0 Å². The van der Waals surface area contributed by atoms with Crippen LogP contribution < -0.4 is 5.73 Å². The number of nitrogens with zero attached hydrogens (tertiary/aromatic N) is 3. The first-order valence-electron chi connectivity index (χ1n) is 8.40. The van der Waals surface area contributed by atoms with E-state index in [-0.39, 0.29) is 18.3 Å². The Kier molecular flexibility index (Phi) is 3.87. The molecule has 0 bridgehead atoms. The molecule has 0 fully saturated rings. The molecule has 2 heterocycles. The normalized spacial score (nSPS) is 19.5. The number of nitriles is 1. The highest BCUT2D eigenvalue weighted by atomic mass is 32.1. The van der Waals surface area contributed by atoms with Crippen molar-refractivity contribution in [2.24, 2.45) is 10.7 Å². The third-order valence-electron chi connectivity index (χ3n) is 4.83. The van der Waals surface area contributed by atoms with E-state index in [2.05, 4.69) is 35.0 Å². The van der Waals surface area contributed by atoms with Crippen molar-refractivity contribution in [3.05, 3.63) is 47.5 Å². The average molecular weight is 372 g/mol. The molecule has 27 heavy (non-hydrogen) atoms. The van der Waals surface area contributed by atoms with Crippen LogP contribution in [0, 0.1) is 23.2 Å². The molecule has 1 amide bonds. The second kappa shape index (κ2) is 6.12. The molecular formula is C21H16N4OS. The molecule has 0 radical (unpaired) electrons. The topological polar surface area (TPSA) is 82.5 Å². The number of benzene rings is 2. The van der Waals surface area contributed by atoms with Crippen LogP contribution in [0.3, 0.4) is 0 Å². The summed E-state index contributed by atoms with van der Waals surface area (Å²) in [6, 6.07) is 14.1. The number of thiophene rings is 1. The number of amides is 1. The maximum Gasteiger partial charge on any atom is 0.232 e. The van der Waals surface area contributed by atoms with E-state index >= 15 is 0 Å². The zero-order chi connectivity index (χ0) is 19.2. The van der Waals surface area contributed by atoms with Gasteiger partial charge in [0.2, 0.25) is 5.91 Å². The summed E-state index contributed by atoms with van der Waals surface area (Å²) in [5, 5.41) is 12.0. The van der Waals surface area contributed by atoms with E-state index < -0.39 is 5.54 Å². The van der Waals surface area contributed by atoms with E-state index in [0.29, 0.717) is 5.56 Å². The first-order chi connectivity index (χ1) is 13.0. The summed E-state index contributed by atoms with van der Waals surface area (Å²) in [5.41, 5.74) is 6.21. The summed E-state index contributed by atoms with van der Waals surface area (Å²) in [6.07, 6.45) is -0.0269. The van der Waals surface area contributed by atoms with Crippen molar-refractivity contribution in [2.45, 2.75) is 18.9 Å². The molecule has 0 aliphatic carbocycles. The molecule has 1 atom stereocenters. The van der Waals surface area contributed by atoms with Crippen LogP contribution in [0.15, 0.2) is 41.4 Å². The average Bonchev–Trinajstić information content (AvgIpc) is 3.03. The van der Waals surface area contributed by atoms with Gasteiger partial charge in [0.15, 0.2) is 11.5 Å². The summed E-state index contributed by atoms with van der Waals surface area (Å²) in [6.45, 7) is 1.81. The molecule has 4 rings (SSSR count). The number of carbonyl (C=O) groups excluding carboxylic acids is 1. The Morgan fingerprint density at radius 3 is 2.59 bits per heavy atom. The Morgan fingerprint density at radius 1 is 1.22 bits per heavy atom. The fourth-order valence-electron chi connectivity index (χ4n) is 3.33. The number of nitrogens with two attached hydrogens (primary N) is 1. The Hall–Kier alpha value is -3.35. The predicted molar refractivity (Wildman–Crippen MR) is 108 cm³/mol. The molecule has 3 aromatic rings. The molecule has 6 heteroatoms. The van der Waals surface area contributed by atoms with Crippen LogP contribution in [0.25, 0.3) is 20.2 Å². The lowest BCUT2D eigenvalue weighted by Gasteiger charge is -2.31. The van der Waals surface area contributed by atoms with Crippen LogP contribution in [0.2, 0.25) is 0 Å². The Labute approximate surface area is 160 Å². The molecule has 132 valence electrons. The highest BCUT2D eigenvalue weighted by Gasteiger charge is 2.40. The van der Waals surface area contributed by atoms with E-state index in [1.54, 1.807) is 18.4 Å². The van der Waals surface area contributed by atoms with Crippen LogP contribution in [0.5, 0.6) is 0 Å². The lowest BCUT2D eigenvalue weighted by Crippen LogP contribution is -2.48. The van der Waals surface area contributed by atoms with E-state index in [1.807, 2.05) is 31.2 Å². The second-order valence-corrected chi connectivity index (χ2v) is 7.55. The summed E-state index contributed by atoms with van der Waals surface area (Å²) >= 11 is 1.69. The number of guanidine groups is 1.